The number of nitrogens with zero attached hydrogens (tertiary/aromatic N) is 3. The van der Waals surface area contributed by atoms with Crippen LogP contribution in [-0.2, 0) is 6.18 Å². The van der Waals surface area contributed by atoms with Crippen LogP contribution in [-0.4, -0.2) is 42.0 Å². The van der Waals surface area contributed by atoms with Crippen LogP contribution in [0.25, 0.3) is 0 Å². The van der Waals surface area contributed by atoms with Crippen LogP contribution >= 0.6 is 0 Å². The van der Waals surface area contributed by atoms with E-state index >= 15 is 0 Å². The number of alkyl halides is 3. The van der Waals surface area contributed by atoms with Gasteiger partial charge in [-0.05, 0) is 30.7 Å². The van der Waals surface area contributed by atoms with E-state index in [1.54, 1.807) is 17.0 Å². The molecule has 0 spiro atoms. The molecule has 0 saturated carbocycles. The molecular weight excluding hydrogens is 331 g/mol. The van der Waals surface area contributed by atoms with Crippen molar-refractivity contribution in [1.29, 1.82) is 0 Å². The zero-order chi connectivity index (χ0) is 17.9. The standard InChI is InChI=1S/C18H18F3N3O/c19-18(20,21)15-7-8-16(22-13-15)23-9-4-10-24(12-11-23)17(25)14-5-2-1-3-6-14/h1-3,5-8,13H,4,9-12H2. The largest absolute Gasteiger partial charge is 0.417 e. The summed E-state index contributed by atoms with van der Waals surface area (Å²) in [5.41, 5.74) is -0.115. The lowest BCUT2D eigenvalue weighted by Crippen LogP contribution is -2.35. The average Bonchev–Trinajstić information content (AvgIpc) is 2.87. The van der Waals surface area contributed by atoms with Crippen LogP contribution < -0.4 is 4.90 Å². The normalized spacial score (nSPS) is 15.8. The summed E-state index contributed by atoms with van der Waals surface area (Å²) in [6.45, 7) is 2.31. The summed E-state index contributed by atoms with van der Waals surface area (Å²) in [6.07, 6.45) is -2.79. The first-order valence-electron chi connectivity index (χ1n) is 8.08. The molecule has 3 rings (SSSR count). The molecule has 0 bridgehead atoms. The van der Waals surface area contributed by atoms with Crippen LogP contribution in [0.1, 0.15) is 22.3 Å². The first-order valence-corrected chi connectivity index (χ1v) is 8.08. The molecule has 0 N–H and O–H groups in total. The molecular formula is C18H18F3N3O. The highest BCUT2D eigenvalue weighted by Crippen LogP contribution is 2.29. The number of pyridine rings is 1. The highest BCUT2D eigenvalue weighted by atomic mass is 19.4. The molecule has 0 radical (unpaired) electrons. The predicted octanol–water partition coefficient (Wildman–Crippen LogP) is 3.45. The molecule has 4 nitrogen and oxygen atoms in total. The van der Waals surface area contributed by atoms with Gasteiger partial charge < -0.3 is 9.80 Å². The molecule has 2 aromatic rings. The summed E-state index contributed by atoms with van der Waals surface area (Å²) in [5, 5.41) is 0. The Kier molecular flexibility index (Phi) is 4.92. The van der Waals surface area contributed by atoms with Gasteiger partial charge in [0.05, 0.1) is 5.56 Å². The Hall–Kier alpha value is -2.57. The van der Waals surface area contributed by atoms with Crippen molar-refractivity contribution < 1.29 is 18.0 Å². The molecule has 1 aliphatic rings. The number of carbonyl (C=O) groups is 1. The summed E-state index contributed by atoms with van der Waals surface area (Å²) in [5.74, 6) is 0.477. The fraction of sp³-hybridized carbons (Fsp3) is 0.333. The van der Waals surface area contributed by atoms with E-state index < -0.39 is 11.7 Å². The topological polar surface area (TPSA) is 36.4 Å². The minimum Gasteiger partial charge on any atom is -0.355 e. The van der Waals surface area contributed by atoms with E-state index in [4.69, 9.17) is 0 Å². The van der Waals surface area contributed by atoms with E-state index in [0.717, 1.165) is 18.7 Å². The van der Waals surface area contributed by atoms with Crippen molar-refractivity contribution in [3.05, 3.63) is 59.8 Å². The van der Waals surface area contributed by atoms with Crippen LogP contribution in [0.3, 0.4) is 0 Å². The first-order chi connectivity index (χ1) is 11.9. The van der Waals surface area contributed by atoms with Crippen LogP contribution in [0.4, 0.5) is 19.0 Å². The Balaban J connectivity index is 1.66. The van der Waals surface area contributed by atoms with Gasteiger partial charge in [0.25, 0.3) is 5.91 Å². The molecule has 25 heavy (non-hydrogen) atoms. The number of rotatable bonds is 2. The van der Waals surface area contributed by atoms with E-state index in [-0.39, 0.29) is 5.91 Å². The van der Waals surface area contributed by atoms with E-state index in [1.807, 2.05) is 23.1 Å². The third-order valence-corrected chi connectivity index (χ3v) is 4.20. The lowest BCUT2D eigenvalue weighted by atomic mass is 10.2. The molecule has 132 valence electrons. The molecule has 1 amide bonds. The van der Waals surface area contributed by atoms with Gasteiger partial charge in [-0.1, -0.05) is 18.2 Å². The summed E-state index contributed by atoms with van der Waals surface area (Å²) in [4.78, 5) is 20.2. The monoisotopic (exact) mass is 349 g/mol. The number of halogens is 3. The fourth-order valence-electron chi connectivity index (χ4n) is 2.85. The summed E-state index contributed by atoms with van der Waals surface area (Å²) in [7, 11) is 0. The molecule has 0 atom stereocenters. The van der Waals surface area contributed by atoms with Crippen molar-refractivity contribution in [3.63, 3.8) is 0 Å². The number of carbonyl (C=O) groups excluding carboxylic acids is 1. The number of hydrogen-bond acceptors (Lipinski definition) is 3. The highest BCUT2D eigenvalue weighted by Gasteiger charge is 2.31. The zero-order valence-electron chi connectivity index (χ0n) is 13.5. The number of anilines is 1. The second-order valence-corrected chi connectivity index (χ2v) is 5.90. The molecule has 1 saturated heterocycles. The molecule has 7 heteroatoms. The Bertz CT molecular complexity index is 717. The van der Waals surface area contributed by atoms with Gasteiger partial charge in [0, 0.05) is 37.9 Å². The van der Waals surface area contributed by atoms with Gasteiger partial charge in [-0.15, -0.1) is 0 Å². The molecule has 0 aliphatic carbocycles. The highest BCUT2D eigenvalue weighted by molar-refractivity contribution is 5.94. The maximum Gasteiger partial charge on any atom is 0.417 e. The van der Waals surface area contributed by atoms with E-state index in [2.05, 4.69) is 4.98 Å². The minimum absolute atomic E-state index is 0.0252. The number of amides is 1. The Labute approximate surface area is 143 Å². The van der Waals surface area contributed by atoms with E-state index in [9.17, 15) is 18.0 Å². The quantitative estimate of drug-likeness (QED) is 0.833. The van der Waals surface area contributed by atoms with E-state index in [1.165, 1.54) is 6.07 Å². The third kappa shape index (κ3) is 4.10. The van der Waals surface area contributed by atoms with Crippen molar-refractivity contribution in [3.8, 4) is 0 Å². The molecule has 0 unspecified atom stereocenters. The SMILES string of the molecule is O=C(c1ccccc1)N1CCCN(c2ccc(C(F)(F)F)cn2)CC1. The van der Waals surface area contributed by atoms with Gasteiger partial charge in [0.15, 0.2) is 0 Å². The number of hydrogen-bond donors (Lipinski definition) is 0. The maximum absolute atomic E-state index is 12.6. The van der Waals surface area contributed by atoms with Gasteiger partial charge in [-0.3, -0.25) is 4.79 Å². The van der Waals surface area contributed by atoms with Crippen LogP contribution in [0.2, 0.25) is 0 Å². The number of benzene rings is 1. The summed E-state index contributed by atoms with van der Waals surface area (Å²) in [6, 6.07) is 11.5. The van der Waals surface area contributed by atoms with Gasteiger partial charge >= 0.3 is 6.18 Å². The van der Waals surface area contributed by atoms with Crippen molar-refractivity contribution >= 4 is 11.7 Å². The summed E-state index contributed by atoms with van der Waals surface area (Å²) >= 11 is 0. The zero-order valence-corrected chi connectivity index (χ0v) is 13.5. The van der Waals surface area contributed by atoms with Gasteiger partial charge in [-0.2, -0.15) is 13.2 Å². The fourth-order valence-corrected chi connectivity index (χ4v) is 2.85. The van der Waals surface area contributed by atoms with Gasteiger partial charge in [0.1, 0.15) is 5.82 Å². The predicted molar refractivity (Wildman–Crippen MR) is 88.4 cm³/mol. The van der Waals surface area contributed by atoms with Gasteiger partial charge in [0.2, 0.25) is 0 Å². The molecule has 1 aromatic heterocycles. The average molecular weight is 349 g/mol. The Morgan fingerprint density at radius 1 is 0.960 bits per heavy atom. The van der Waals surface area contributed by atoms with Crippen LogP contribution in [0.15, 0.2) is 48.7 Å². The van der Waals surface area contributed by atoms with Crippen LogP contribution in [0.5, 0.6) is 0 Å². The maximum atomic E-state index is 12.6. The van der Waals surface area contributed by atoms with E-state index in [0.29, 0.717) is 37.6 Å². The van der Waals surface area contributed by atoms with Crippen LogP contribution in [0, 0.1) is 0 Å². The second kappa shape index (κ2) is 7.13. The number of aromatic nitrogens is 1. The third-order valence-electron chi connectivity index (χ3n) is 4.20. The van der Waals surface area contributed by atoms with Crippen molar-refractivity contribution in [2.24, 2.45) is 0 Å². The van der Waals surface area contributed by atoms with Crippen molar-refractivity contribution in [1.82, 2.24) is 9.88 Å². The molecule has 1 aliphatic heterocycles. The molecule has 2 heterocycles. The molecule has 1 fully saturated rings. The first kappa shape index (κ1) is 17.3. The lowest BCUT2D eigenvalue weighted by molar-refractivity contribution is -0.137. The molecule has 1 aromatic carbocycles. The second-order valence-electron chi connectivity index (χ2n) is 5.90. The Morgan fingerprint density at radius 2 is 1.72 bits per heavy atom. The van der Waals surface area contributed by atoms with Crippen molar-refractivity contribution in [2.75, 3.05) is 31.1 Å². The smallest absolute Gasteiger partial charge is 0.355 e. The summed E-state index contributed by atoms with van der Waals surface area (Å²) < 4.78 is 37.9. The van der Waals surface area contributed by atoms with Crippen molar-refractivity contribution in [2.45, 2.75) is 12.6 Å². The minimum atomic E-state index is -4.39. The lowest BCUT2D eigenvalue weighted by Gasteiger charge is -2.23. The Morgan fingerprint density at radius 3 is 2.36 bits per heavy atom. The van der Waals surface area contributed by atoms with Gasteiger partial charge in [-0.25, -0.2) is 4.98 Å².